The van der Waals surface area contributed by atoms with Crippen LogP contribution in [-0.2, 0) is 13.6 Å². The largest absolute Gasteiger partial charge is 0.379 e. The minimum Gasteiger partial charge on any atom is -0.379 e. The molecule has 0 aromatic heterocycles. The van der Waals surface area contributed by atoms with Crippen LogP contribution < -0.4 is 0 Å². The van der Waals surface area contributed by atoms with E-state index in [0.29, 0.717) is 10.6 Å². The molecule has 0 N–H and O–H groups in total. The third-order valence-electron chi connectivity index (χ3n) is 3.06. The summed E-state index contributed by atoms with van der Waals surface area (Å²) < 4.78 is 29.5. The van der Waals surface area contributed by atoms with Gasteiger partial charge in [0.2, 0.25) is 8.87 Å². The number of ether oxygens (including phenoxy) is 1. The van der Waals surface area contributed by atoms with E-state index in [1.54, 1.807) is 12.1 Å². The van der Waals surface area contributed by atoms with Crippen molar-refractivity contribution >= 4 is 19.7 Å². The summed E-state index contributed by atoms with van der Waals surface area (Å²) in [7, 11) is -2.20. The highest BCUT2D eigenvalue weighted by Crippen LogP contribution is 2.23. The first kappa shape index (κ1) is 14.8. The first-order valence-corrected chi connectivity index (χ1v) is 9.33. The smallest absolute Gasteiger partial charge is 0.230 e. The maximum atomic E-state index is 12.1. The summed E-state index contributed by atoms with van der Waals surface area (Å²) in [6.45, 7) is 6.02. The van der Waals surface area contributed by atoms with E-state index < -0.39 is 8.87 Å². The second-order valence-corrected chi connectivity index (χ2v) is 8.59. The topological polar surface area (TPSA) is 46.6 Å². The average molecular weight is 301 g/mol. The molecule has 0 atom stereocenters. The van der Waals surface area contributed by atoms with Gasteiger partial charge in [-0.25, -0.2) is 8.42 Å². The Labute approximate surface area is 118 Å². The number of aryl methyl sites for hydroxylation is 1. The highest BCUT2D eigenvalue weighted by Gasteiger charge is 2.16. The molecule has 4 nitrogen and oxygen atoms in total. The van der Waals surface area contributed by atoms with Crippen molar-refractivity contribution in [3.8, 4) is 0 Å². The molecule has 0 radical (unpaired) electrons. The summed E-state index contributed by atoms with van der Waals surface area (Å²) in [5, 5.41) is 0. The van der Waals surface area contributed by atoms with E-state index in [-0.39, 0.29) is 0 Å². The highest BCUT2D eigenvalue weighted by atomic mass is 33.1. The molecule has 1 heterocycles. The number of rotatable bonds is 5. The fraction of sp³-hybridized carbons (Fsp3) is 0.538. The SMILES string of the molecule is Cc1ccc(S(=O)(=O)SCCN2CCOCC2)cc1. The van der Waals surface area contributed by atoms with Crippen molar-refractivity contribution < 1.29 is 13.2 Å². The maximum absolute atomic E-state index is 12.1. The van der Waals surface area contributed by atoms with E-state index in [4.69, 9.17) is 4.74 Å². The second kappa shape index (κ2) is 6.74. The molecule has 1 aliphatic heterocycles. The lowest BCUT2D eigenvalue weighted by atomic mass is 10.2. The van der Waals surface area contributed by atoms with Gasteiger partial charge in [-0.2, -0.15) is 0 Å². The molecular formula is C13H19NO3S2. The van der Waals surface area contributed by atoms with Gasteiger partial charge in [-0.15, -0.1) is 0 Å². The Morgan fingerprint density at radius 1 is 1.21 bits per heavy atom. The van der Waals surface area contributed by atoms with E-state index in [1.165, 1.54) is 0 Å². The van der Waals surface area contributed by atoms with Gasteiger partial charge in [-0.05, 0) is 29.9 Å². The molecule has 0 bridgehead atoms. The molecule has 19 heavy (non-hydrogen) atoms. The van der Waals surface area contributed by atoms with Crippen LogP contribution in [0.4, 0.5) is 0 Å². The maximum Gasteiger partial charge on any atom is 0.230 e. The van der Waals surface area contributed by atoms with Gasteiger partial charge in [0.15, 0.2) is 0 Å². The monoisotopic (exact) mass is 301 g/mol. The van der Waals surface area contributed by atoms with Crippen molar-refractivity contribution in [1.29, 1.82) is 0 Å². The molecule has 106 valence electrons. The fourth-order valence-corrected chi connectivity index (χ4v) is 4.65. The van der Waals surface area contributed by atoms with Crippen LogP contribution in [-0.4, -0.2) is 51.9 Å². The second-order valence-electron chi connectivity index (χ2n) is 4.54. The van der Waals surface area contributed by atoms with E-state index in [9.17, 15) is 8.42 Å². The van der Waals surface area contributed by atoms with Crippen molar-refractivity contribution in [2.75, 3.05) is 38.6 Å². The third kappa shape index (κ3) is 4.49. The van der Waals surface area contributed by atoms with Crippen LogP contribution in [0.1, 0.15) is 5.56 Å². The summed E-state index contributed by atoms with van der Waals surface area (Å²) in [5.74, 6) is 0.593. The summed E-state index contributed by atoms with van der Waals surface area (Å²) in [5.41, 5.74) is 1.07. The van der Waals surface area contributed by atoms with Crippen LogP contribution in [0.15, 0.2) is 29.2 Å². The van der Waals surface area contributed by atoms with E-state index in [1.807, 2.05) is 19.1 Å². The Bertz CT molecular complexity index is 493. The van der Waals surface area contributed by atoms with Crippen LogP contribution >= 0.6 is 10.8 Å². The lowest BCUT2D eigenvalue weighted by Gasteiger charge is -2.26. The van der Waals surface area contributed by atoms with Crippen LogP contribution in [0.3, 0.4) is 0 Å². The van der Waals surface area contributed by atoms with Crippen LogP contribution in [0.25, 0.3) is 0 Å². The van der Waals surface area contributed by atoms with Crippen LogP contribution in [0.2, 0.25) is 0 Å². The van der Waals surface area contributed by atoms with Gasteiger partial charge in [0.05, 0.1) is 18.1 Å². The van der Waals surface area contributed by atoms with Crippen LogP contribution in [0, 0.1) is 6.92 Å². The van der Waals surface area contributed by atoms with E-state index >= 15 is 0 Å². The normalized spacial score (nSPS) is 17.5. The summed E-state index contributed by atoms with van der Waals surface area (Å²) in [6, 6.07) is 7.00. The molecule has 6 heteroatoms. The molecule has 0 aliphatic carbocycles. The van der Waals surface area contributed by atoms with Crippen molar-refractivity contribution in [2.24, 2.45) is 0 Å². The van der Waals surface area contributed by atoms with Crippen molar-refractivity contribution in [3.05, 3.63) is 29.8 Å². The number of morpholine rings is 1. The number of nitrogens with zero attached hydrogens (tertiary/aromatic N) is 1. The van der Waals surface area contributed by atoms with Gasteiger partial charge < -0.3 is 4.74 Å². The molecule has 1 aromatic rings. The van der Waals surface area contributed by atoms with Gasteiger partial charge in [0, 0.05) is 25.4 Å². The van der Waals surface area contributed by atoms with Crippen molar-refractivity contribution in [3.63, 3.8) is 0 Å². The minimum absolute atomic E-state index is 0.394. The molecule has 0 unspecified atom stereocenters. The zero-order valence-corrected chi connectivity index (χ0v) is 12.7. The Morgan fingerprint density at radius 2 is 1.84 bits per heavy atom. The van der Waals surface area contributed by atoms with Gasteiger partial charge in [0.25, 0.3) is 0 Å². The molecule has 0 amide bonds. The molecule has 0 spiro atoms. The molecule has 2 rings (SSSR count). The van der Waals surface area contributed by atoms with E-state index in [2.05, 4.69) is 4.90 Å². The summed E-state index contributed by atoms with van der Waals surface area (Å²) in [4.78, 5) is 2.63. The predicted octanol–water partition coefficient (Wildman–Crippen LogP) is 1.75. The standard InChI is InChI=1S/C13H19NO3S2/c1-12-2-4-13(5-3-12)19(15,16)18-11-8-14-6-9-17-10-7-14/h2-5H,6-11H2,1H3. The molecule has 1 aliphatic rings. The first-order valence-electron chi connectivity index (χ1n) is 6.34. The number of benzene rings is 1. The lowest BCUT2D eigenvalue weighted by molar-refractivity contribution is 0.0410. The van der Waals surface area contributed by atoms with E-state index in [0.717, 1.165) is 49.2 Å². The predicted molar refractivity (Wildman–Crippen MR) is 78.1 cm³/mol. The molecular weight excluding hydrogens is 282 g/mol. The van der Waals surface area contributed by atoms with Gasteiger partial charge >= 0.3 is 0 Å². The highest BCUT2D eigenvalue weighted by molar-refractivity contribution is 8.72. The van der Waals surface area contributed by atoms with Crippen molar-refractivity contribution in [2.45, 2.75) is 11.8 Å². The van der Waals surface area contributed by atoms with Crippen molar-refractivity contribution in [1.82, 2.24) is 4.90 Å². The fourth-order valence-electron chi connectivity index (χ4n) is 1.87. The van der Waals surface area contributed by atoms with Gasteiger partial charge in [-0.1, -0.05) is 17.7 Å². The molecule has 0 saturated carbocycles. The number of hydrogen-bond donors (Lipinski definition) is 0. The van der Waals surface area contributed by atoms with Gasteiger partial charge in [0.1, 0.15) is 0 Å². The zero-order valence-electron chi connectivity index (χ0n) is 11.0. The lowest BCUT2D eigenvalue weighted by Crippen LogP contribution is -2.37. The Morgan fingerprint density at radius 3 is 2.47 bits per heavy atom. The minimum atomic E-state index is -3.22. The number of hydrogen-bond acceptors (Lipinski definition) is 5. The Kier molecular flexibility index (Phi) is 5.27. The Balaban J connectivity index is 1.85. The summed E-state index contributed by atoms with van der Waals surface area (Å²) >= 11 is 0. The third-order valence-corrected chi connectivity index (χ3v) is 6.58. The first-order chi connectivity index (χ1) is 9.08. The summed E-state index contributed by atoms with van der Waals surface area (Å²) in [6.07, 6.45) is 0. The average Bonchev–Trinajstić information content (AvgIpc) is 2.40. The quantitative estimate of drug-likeness (QED) is 0.775. The Hall–Kier alpha value is -0.560. The molecule has 1 fully saturated rings. The molecule has 1 aromatic carbocycles. The van der Waals surface area contributed by atoms with Crippen LogP contribution in [0.5, 0.6) is 0 Å². The van der Waals surface area contributed by atoms with Gasteiger partial charge in [-0.3, -0.25) is 4.90 Å². The zero-order chi connectivity index (χ0) is 13.7. The molecule has 1 saturated heterocycles.